The van der Waals surface area contributed by atoms with Gasteiger partial charge in [0.05, 0.1) is 18.6 Å². The van der Waals surface area contributed by atoms with Crippen LogP contribution in [0.2, 0.25) is 0 Å². The molecule has 1 heterocycles. The molecule has 1 amide bonds. The highest BCUT2D eigenvalue weighted by Gasteiger charge is 2.38. The van der Waals surface area contributed by atoms with Gasteiger partial charge in [-0.15, -0.1) is 0 Å². The minimum atomic E-state index is -0.259. The highest BCUT2D eigenvalue weighted by Crippen LogP contribution is 2.27. The first-order chi connectivity index (χ1) is 9.43. The molecule has 0 aromatic heterocycles. The van der Waals surface area contributed by atoms with Crippen LogP contribution in [0.4, 0.5) is 5.69 Å². The quantitative estimate of drug-likeness (QED) is 0.655. The van der Waals surface area contributed by atoms with Crippen molar-refractivity contribution in [2.24, 2.45) is 11.8 Å². The molecule has 1 aliphatic heterocycles. The Morgan fingerprint density at radius 2 is 2.05 bits per heavy atom. The van der Waals surface area contributed by atoms with Gasteiger partial charge >= 0.3 is 5.97 Å². The Morgan fingerprint density at radius 3 is 2.70 bits per heavy atom. The summed E-state index contributed by atoms with van der Waals surface area (Å²) in [6.45, 7) is 4.81. The maximum atomic E-state index is 12.5. The average molecular weight is 276 g/mol. The lowest BCUT2D eigenvalue weighted by Gasteiger charge is -2.17. The SMILES string of the molecule is COC(=O)C1CN(C(=O)c2cc(C)ccc2N)CC1C. The molecular weight excluding hydrogens is 256 g/mol. The number of rotatable bonds is 2. The second-order valence-electron chi connectivity index (χ2n) is 5.41. The number of anilines is 1. The van der Waals surface area contributed by atoms with Gasteiger partial charge in [0, 0.05) is 18.8 Å². The Morgan fingerprint density at radius 1 is 1.35 bits per heavy atom. The minimum Gasteiger partial charge on any atom is -0.469 e. The van der Waals surface area contributed by atoms with Gasteiger partial charge in [-0.3, -0.25) is 9.59 Å². The van der Waals surface area contributed by atoms with Gasteiger partial charge in [-0.05, 0) is 25.0 Å². The van der Waals surface area contributed by atoms with Gasteiger partial charge in [0.1, 0.15) is 0 Å². The molecule has 0 radical (unpaired) electrons. The summed E-state index contributed by atoms with van der Waals surface area (Å²) in [5.74, 6) is -0.540. The van der Waals surface area contributed by atoms with Gasteiger partial charge in [0.25, 0.3) is 5.91 Å². The fraction of sp³-hybridized carbons (Fsp3) is 0.467. The van der Waals surface area contributed by atoms with Crippen molar-refractivity contribution in [2.45, 2.75) is 13.8 Å². The lowest BCUT2D eigenvalue weighted by atomic mass is 9.99. The molecule has 108 valence electrons. The number of nitrogen functional groups attached to an aromatic ring is 1. The van der Waals surface area contributed by atoms with Crippen LogP contribution in [0.5, 0.6) is 0 Å². The molecule has 20 heavy (non-hydrogen) atoms. The van der Waals surface area contributed by atoms with Crippen molar-refractivity contribution < 1.29 is 14.3 Å². The van der Waals surface area contributed by atoms with Gasteiger partial charge in [-0.1, -0.05) is 18.6 Å². The molecule has 5 heteroatoms. The number of esters is 1. The molecular formula is C15H20N2O3. The number of carbonyl (C=O) groups is 2. The number of benzene rings is 1. The molecule has 0 saturated carbocycles. The molecule has 1 saturated heterocycles. The number of amides is 1. The molecule has 0 spiro atoms. The van der Waals surface area contributed by atoms with E-state index in [1.54, 1.807) is 17.0 Å². The number of carbonyl (C=O) groups excluding carboxylic acids is 2. The van der Waals surface area contributed by atoms with Crippen LogP contribution in [0.1, 0.15) is 22.8 Å². The van der Waals surface area contributed by atoms with Crippen molar-refractivity contribution in [1.29, 1.82) is 0 Å². The van der Waals surface area contributed by atoms with Crippen molar-refractivity contribution in [2.75, 3.05) is 25.9 Å². The first kappa shape index (κ1) is 14.4. The Bertz CT molecular complexity index is 542. The van der Waals surface area contributed by atoms with E-state index in [-0.39, 0.29) is 23.7 Å². The number of hydrogen-bond donors (Lipinski definition) is 1. The maximum Gasteiger partial charge on any atom is 0.310 e. The van der Waals surface area contributed by atoms with Gasteiger partial charge in [-0.2, -0.15) is 0 Å². The van der Waals surface area contributed by atoms with Crippen LogP contribution in [0, 0.1) is 18.8 Å². The molecule has 5 nitrogen and oxygen atoms in total. The Kier molecular flexibility index (Phi) is 3.97. The Balaban J connectivity index is 2.19. The second kappa shape index (κ2) is 5.53. The van der Waals surface area contributed by atoms with Crippen molar-refractivity contribution >= 4 is 17.6 Å². The van der Waals surface area contributed by atoms with Crippen LogP contribution in [-0.2, 0) is 9.53 Å². The topological polar surface area (TPSA) is 72.6 Å². The summed E-state index contributed by atoms with van der Waals surface area (Å²) in [6, 6.07) is 5.39. The first-order valence-electron chi connectivity index (χ1n) is 6.67. The van der Waals surface area contributed by atoms with E-state index in [0.29, 0.717) is 24.3 Å². The lowest BCUT2D eigenvalue weighted by Crippen LogP contribution is -2.30. The number of nitrogens with zero attached hydrogens (tertiary/aromatic N) is 1. The van der Waals surface area contributed by atoms with E-state index in [1.807, 2.05) is 19.9 Å². The average Bonchev–Trinajstić information content (AvgIpc) is 2.82. The van der Waals surface area contributed by atoms with Crippen LogP contribution in [-0.4, -0.2) is 37.0 Å². The Labute approximate surface area is 118 Å². The normalized spacial score (nSPS) is 21.9. The summed E-state index contributed by atoms with van der Waals surface area (Å²) in [7, 11) is 1.37. The summed E-state index contributed by atoms with van der Waals surface area (Å²) in [6.07, 6.45) is 0. The van der Waals surface area contributed by atoms with Crippen LogP contribution >= 0.6 is 0 Å². The smallest absolute Gasteiger partial charge is 0.310 e. The summed E-state index contributed by atoms with van der Waals surface area (Å²) < 4.78 is 4.78. The van der Waals surface area contributed by atoms with E-state index in [9.17, 15) is 9.59 Å². The van der Waals surface area contributed by atoms with Gasteiger partial charge in [0.2, 0.25) is 0 Å². The van der Waals surface area contributed by atoms with Gasteiger partial charge in [-0.25, -0.2) is 0 Å². The third-order valence-electron chi connectivity index (χ3n) is 3.84. The molecule has 2 atom stereocenters. The predicted octanol–water partition coefficient (Wildman–Crippen LogP) is 1.46. The summed E-state index contributed by atoms with van der Waals surface area (Å²) in [5.41, 5.74) is 7.83. The number of likely N-dealkylation sites (tertiary alicyclic amines) is 1. The van der Waals surface area contributed by atoms with Crippen molar-refractivity contribution in [1.82, 2.24) is 4.90 Å². The van der Waals surface area contributed by atoms with Gasteiger partial charge in [0.15, 0.2) is 0 Å². The Hall–Kier alpha value is -2.04. The number of ether oxygens (including phenoxy) is 1. The van der Waals surface area contributed by atoms with E-state index in [1.165, 1.54) is 7.11 Å². The molecule has 2 N–H and O–H groups in total. The van der Waals surface area contributed by atoms with Crippen LogP contribution in [0.25, 0.3) is 0 Å². The van der Waals surface area contributed by atoms with E-state index in [2.05, 4.69) is 0 Å². The largest absolute Gasteiger partial charge is 0.469 e. The zero-order valence-corrected chi connectivity index (χ0v) is 12.1. The molecule has 1 aliphatic rings. The molecule has 0 aliphatic carbocycles. The zero-order valence-electron chi connectivity index (χ0n) is 12.1. The molecule has 1 aromatic carbocycles. The maximum absolute atomic E-state index is 12.5. The fourth-order valence-electron chi connectivity index (χ4n) is 2.62. The number of hydrogen-bond acceptors (Lipinski definition) is 4. The van der Waals surface area contributed by atoms with Crippen LogP contribution in [0.15, 0.2) is 18.2 Å². The van der Waals surface area contributed by atoms with E-state index >= 15 is 0 Å². The summed E-state index contributed by atoms with van der Waals surface area (Å²) in [5, 5.41) is 0. The second-order valence-corrected chi connectivity index (χ2v) is 5.41. The predicted molar refractivity (Wildman–Crippen MR) is 76.2 cm³/mol. The van der Waals surface area contributed by atoms with E-state index < -0.39 is 0 Å². The molecule has 2 rings (SSSR count). The zero-order chi connectivity index (χ0) is 14.9. The van der Waals surface area contributed by atoms with Crippen molar-refractivity contribution in [3.05, 3.63) is 29.3 Å². The van der Waals surface area contributed by atoms with E-state index in [4.69, 9.17) is 10.5 Å². The fourth-order valence-corrected chi connectivity index (χ4v) is 2.62. The third kappa shape index (κ3) is 2.61. The van der Waals surface area contributed by atoms with Gasteiger partial charge < -0.3 is 15.4 Å². The van der Waals surface area contributed by atoms with Crippen molar-refractivity contribution in [3.8, 4) is 0 Å². The standard InChI is InChI=1S/C15H20N2O3/c1-9-4-5-13(16)11(6-9)14(18)17-7-10(2)12(8-17)15(19)20-3/h4-6,10,12H,7-8,16H2,1-3H3. The number of nitrogens with two attached hydrogens (primary N) is 1. The third-order valence-corrected chi connectivity index (χ3v) is 3.84. The van der Waals surface area contributed by atoms with Crippen LogP contribution < -0.4 is 5.73 Å². The molecule has 2 unspecified atom stereocenters. The monoisotopic (exact) mass is 276 g/mol. The van der Waals surface area contributed by atoms with E-state index in [0.717, 1.165) is 5.56 Å². The number of methoxy groups -OCH3 is 1. The van der Waals surface area contributed by atoms with Crippen molar-refractivity contribution in [3.63, 3.8) is 0 Å². The highest BCUT2D eigenvalue weighted by molar-refractivity contribution is 5.99. The summed E-state index contributed by atoms with van der Waals surface area (Å²) in [4.78, 5) is 25.9. The minimum absolute atomic E-state index is 0.0948. The molecule has 1 fully saturated rings. The molecule has 0 bridgehead atoms. The number of aryl methyl sites for hydroxylation is 1. The van der Waals surface area contributed by atoms with Crippen LogP contribution in [0.3, 0.4) is 0 Å². The summed E-state index contributed by atoms with van der Waals surface area (Å²) >= 11 is 0. The first-order valence-corrected chi connectivity index (χ1v) is 6.67. The molecule has 1 aromatic rings. The lowest BCUT2D eigenvalue weighted by molar-refractivity contribution is -0.146. The highest BCUT2D eigenvalue weighted by atomic mass is 16.5.